The Morgan fingerprint density at radius 3 is 2.68 bits per heavy atom. The van der Waals surface area contributed by atoms with E-state index in [1.165, 1.54) is 30.3 Å². The number of H-pyrrole nitrogens is 1. The smallest absolute Gasteiger partial charge is 0.266 e. The molecule has 9 heteroatoms. The van der Waals surface area contributed by atoms with Crippen molar-refractivity contribution in [3.05, 3.63) is 45.0 Å². The van der Waals surface area contributed by atoms with Crippen LogP contribution >= 0.6 is 11.6 Å². The minimum absolute atomic E-state index is 0.00251. The second kappa shape index (κ2) is 7.41. The van der Waals surface area contributed by atoms with E-state index in [0.29, 0.717) is 5.57 Å². The molecule has 1 aromatic rings. The summed E-state index contributed by atoms with van der Waals surface area (Å²) in [5, 5.41) is 17.9. The van der Waals surface area contributed by atoms with Gasteiger partial charge in [-0.3, -0.25) is 20.4 Å². The van der Waals surface area contributed by atoms with Crippen molar-refractivity contribution in [2.45, 2.75) is 6.92 Å². The Kier molecular flexibility index (Phi) is 5.88. The maximum absolute atomic E-state index is 12.0. The molecule has 0 saturated carbocycles. The predicted molar refractivity (Wildman–Crippen MR) is 85.6 cm³/mol. The van der Waals surface area contributed by atoms with Gasteiger partial charge >= 0.3 is 0 Å². The number of nitrogens with two attached hydrogens (primary N) is 1. The van der Waals surface area contributed by atoms with Crippen LogP contribution in [0.15, 0.2) is 28.8 Å². The third-order valence-electron chi connectivity index (χ3n) is 2.90. The van der Waals surface area contributed by atoms with E-state index < -0.39 is 11.5 Å². The highest BCUT2D eigenvalue weighted by Gasteiger charge is 2.14. The van der Waals surface area contributed by atoms with Crippen molar-refractivity contribution in [3.63, 3.8) is 0 Å². The molecule has 0 unspecified atom stereocenters. The van der Waals surface area contributed by atoms with Crippen LogP contribution in [0.2, 0.25) is 5.02 Å². The van der Waals surface area contributed by atoms with Crippen LogP contribution in [-0.2, 0) is 0 Å². The number of pyridine rings is 1. The molecule has 1 aromatic heterocycles. The fourth-order valence-corrected chi connectivity index (χ4v) is 1.64. The van der Waals surface area contributed by atoms with Gasteiger partial charge in [0.1, 0.15) is 10.9 Å². The third-order valence-corrected chi connectivity index (χ3v) is 3.18. The highest BCUT2D eigenvalue weighted by molar-refractivity contribution is 6.30. The van der Waals surface area contributed by atoms with Crippen molar-refractivity contribution < 1.29 is 4.79 Å². The van der Waals surface area contributed by atoms with Crippen LogP contribution in [0.5, 0.6) is 0 Å². The Bertz CT molecular complexity index is 694. The maximum Gasteiger partial charge on any atom is 0.266 e. The molecule has 0 aliphatic carbocycles. The lowest BCUT2D eigenvalue weighted by molar-refractivity contribution is 0.0957. The zero-order valence-electron chi connectivity index (χ0n) is 12.2. The van der Waals surface area contributed by atoms with E-state index in [9.17, 15) is 9.59 Å². The summed E-state index contributed by atoms with van der Waals surface area (Å²) in [7, 11) is 1.55. The Hall–Kier alpha value is -2.61. The monoisotopic (exact) mass is 324 g/mol. The summed E-state index contributed by atoms with van der Waals surface area (Å²) in [5.74, 6) is -0.294. The van der Waals surface area contributed by atoms with Crippen molar-refractivity contribution in [3.8, 4) is 0 Å². The molecule has 0 fully saturated rings. The molecule has 1 rings (SSSR count). The predicted octanol–water partition coefficient (Wildman–Crippen LogP) is 0.507. The average Bonchev–Trinajstić information content (AvgIpc) is 2.49. The molecule has 118 valence electrons. The fraction of sp³-hybridized carbons (Fsp3) is 0.231. The number of nitrogens with zero attached hydrogens (tertiary/aromatic N) is 1. The molecular weight excluding hydrogens is 308 g/mol. The van der Waals surface area contributed by atoms with Gasteiger partial charge in [0, 0.05) is 31.6 Å². The summed E-state index contributed by atoms with van der Waals surface area (Å²) in [5.41, 5.74) is 5.51. The van der Waals surface area contributed by atoms with E-state index in [0.717, 1.165) is 0 Å². The third kappa shape index (κ3) is 4.19. The first kappa shape index (κ1) is 17.4. The molecule has 0 saturated heterocycles. The zero-order valence-corrected chi connectivity index (χ0v) is 12.9. The maximum atomic E-state index is 12.0. The Balaban J connectivity index is 2.77. The molecule has 0 aliphatic rings. The number of hydrogen-bond acceptors (Lipinski definition) is 5. The molecule has 0 bridgehead atoms. The Morgan fingerprint density at radius 1 is 1.55 bits per heavy atom. The number of aromatic amines is 1. The number of amides is 1. The van der Waals surface area contributed by atoms with Crippen LogP contribution in [0.25, 0.3) is 0 Å². The number of rotatable bonds is 4. The van der Waals surface area contributed by atoms with Gasteiger partial charge in [0.15, 0.2) is 0 Å². The molecule has 22 heavy (non-hydrogen) atoms. The fourth-order valence-electron chi connectivity index (χ4n) is 1.47. The second-order valence-corrected chi connectivity index (χ2v) is 4.84. The Labute approximate surface area is 132 Å². The standard InChI is InChI=1S/C13H17ClN6O2/c1-7(16)20(2)11(17)9(4-15)6-18-12(21)8-3-10(14)13(22)19-5-8/h3-5,16-17H,6,15H2,1-2H3,(H,18,21)(H,19,22). The molecule has 6 N–H and O–H groups in total. The molecule has 1 amide bonds. The number of amidine groups is 2. The summed E-state index contributed by atoms with van der Waals surface area (Å²) < 4.78 is 0. The van der Waals surface area contributed by atoms with E-state index in [-0.39, 0.29) is 28.8 Å². The normalized spacial score (nSPS) is 11.0. The minimum atomic E-state index is -0.481. The first-order chi connectivity index (χ1) is 10.3. The number of carbonyl (C=O) groups is 1. The average molecular weight is 325 g/mol. The highest BCUT2D eigenvalue weighted by atomic mass is 35.5. The lowest BCUT2D eigenvalue weighted by Gasteiger charge is -2.20. The molecular formula is C13H17ClN6O2. The number of aromatic nitrogens is 1. The van der Waals surface area contributed by atoms with E-state index in [4.69, 9.17) is 28.2 Å². The van der Waals surface area contributed by atoms with Crippen molar-refractivity contribution in [1.29, 1.82) is 10.8 Å². The molecule has 0 atom stereocenters. The largest absolute Gasteiger partial charge is 0.404 e. The molecule has 0 radical (unpaired) electrons. The van der Waals surface area contributed by atoms with Crippen molar-refractivity contribution in [1.82, 2.24) is 15.2 Å². The van der Waals surface area contributed by atoms with Gasteiger partial charge in [-0.2, -0.15) is 0 Å². The topological polar surface area (TPSA) is 139 Å². The lowest BCUT2D eigenvalue weighted by atomic mass is 10.2. The first-order valence-electron chi connectivity index (χ1n) is 6.23. The van der Waals surface area contributed by atoms with E-state index in [1.807, 2.05) is 0 Å². The van der Waals surface area contributed by atoms with Crippen molar-refractivity contribution in [2.75, 3.05) is 13.6 Å². The van der Waals surface area contributed by atoms with Gasteiger partial charge in [-0.1, -0.05) is 11.6 Å². The molecule has 0 aromatic carbocycles. The number of carbonyl (C=O) groups excluding carboxylic acids is 1. The van der Waals surface area contributed by atoms with Crippen LogP contribution in [0.1, 0.15) is 17.3 Å². The molecule has 8 nitrogen and oxygen atoms in total. The SMILES string of the molecule is CC(=N)N(C)C(=N)C(=CN)CNC(=O)c1c[nH]c(=O)c(Cl)c1. The minimum Gasteiger partial charge on any atom is -0.404 e. The van der Waals surface area contributed by atoms with Crippen LogP contribution in [0.4, 0.5) is 0 Å². The van der Waals surface area contributed by atoms with Gasteiger partial charge in [0.2, 0.25) is 0 Å². The summed E-state index contributed by atoms with van der Waals surface area (Å²) in [4.78, 5) is 26.8. The van der Waals surface area contributed by atoms with Gasteiger partial charge < -0.3 is 20.9 Å². The van der Waals surface area contributed by atoms with E-state index in [1.54, 1.807) is 7.05 Å². The number of nitrogens with one attached hydrogen (secondary N) is 4. The number of hydrogen-bond donors (Lipinski definition) is 5. The lowest BCUT2D eigenvalue weighted by Crippen LogP contribution is -2.36. The molecule has 0 aliphatic heterocycles. The Morgan fingerprint density at radius 2 is 2.18 bits per heavy atom. The number of halogens is 1. The summed E-state index contributed by atoms with van der Waals surface area (Å²) in [6.07, 6.45) is 2.44. The van der Waals surface area contributed by atoms with Gasteiger partial charge in [-0.25, -0.2) is 0 Å². The van der Waals surface area contributed by atoms with Crippen LogP contribution < -0.4 is 16.6 Å². The van der Waals surface area contributed by atoms with Crippen molar-refractivity contribution in [2.24, 2.45) is 5.73 Å². The van der Waals surface area contributed by atoms with Gasteiger partial charge in [0.05, 0.1) is 11.4 Å². The van der Waals surface area contributed by atoms with Gasteiger partial charge in [0.25, 0.3) is 11.5 Å². The van der Waals surface area contributed by atoms with E-state index >= 15 is 0 Å². The summed E-state index contributed by atoms with van der Waals surface area (Å²) in [6.45, 7) is 1.53. The molecule has 1 heterocycles. The summed E-state index contributed by atoms with van der Waals surface area (Å²) in [6, 6.07) is 1.25. The van der Waals surface area contributed by atoms with Gasteiger partial charge in [-0.15, -0.1) is 0 Å². The zero-order chi connectivity index (χ0) is 16.9. The quantitative estimate of drug-likeness (QED) is 0.406. The van der Waals surface area contributed by atoms with Gasteiger partial charge in [-0.05, 0) is 13.0 Å². The van der Waals surface area contributed by atoms with Crippen LogP contribution in [-0.4, -0.2) is 41.1 Å². The second-order valence-electron chi connectivity index (χ2n) is 4.43. The molecule has 0 spiro atoms. The summed E-state index contributed by atoms with van der Waals surface area (Å²) >= 11 is 5.66. The van der Waals surface area contributed by atoms with Crippen LogP contribution in [0.3, 0.4) is 0 Å². The van der Waals surface area contributed by atoms with E-state index in [2.05, 4.69) is 10.3 Å². The number of likely N-dealkylation sites (N-methyl/N-ethyl adjacent to an activating group) is 1. The highest BCUT2D eigenvalue weighted by Crippen LogP contribution is 2.05. The van der Waals surface area contributed by atoms with Crippen molar-refractivity contribution >= 4 is 29.2 Å². The first-order valence-corrected chi connectivity index (χ1v) is 6.60. The van der Waals surface area contributed by atoms with Crippen LogP contribution in [0, 0.1) is 10.8 Å².